The average molecular weight is 211 g/mol. The smallest absolute Gasteiger partial charge is 0.181 e. The molecule has 0 unspecified atom stereocenters. The highest BCUT2D eigenvalue weighted by Gasteiger charge is 2.06. The Morgan fingerprint density at radius 2 is 2.43 bits per heavy atom. The van der Waals surface area contributed by atoms with Gasteiger partial charge in [0.2, 0.25) is 0 Å². The third kappa shape index (κ3) is 2.23. The minimum Gasteiger partial charge on any atom is -0.329 e. The Kier molecular flexibility index (Phi) is 3.88. The van der Waals surface area contributed by atoms with Crippen LogP contribution in [0.15, 0.2) is 17.4 Å². The maximum atomic E-state index is 11.2. The van der Waals surface area contributed by atoms with Gasteiger partial charge in [-0.2, -0.15) is 12.6 Å². The van der Waals surface area contributed by atoms with Crippen LogP contribution in [0.3, 0.4) is 0 Å². The molecular formula is C9H13N3OS. The van der Waals surface area contributed by atoms with Gasteiger partial charge in [-0.15, -0.1) is 0 Å². The van der Waals surface area contributed by atoms with Crippen LogP contribution in [0, 0.1) is 0 Å². The molecule has 0 fully saturated rings. The van der Waals surface area contributed by atoms with E-state index in [4.69, 9.17) is 0 Å². The van der Waals surface area contributed by atoms with E-state index in [0.29, 0.717) is 16.9 Å². The number of Topliss-reactive ketones (excluding diaryl/α,β-unsaturated/α-hetero) is 1. The molecule has 0 atom stereocenters. The van der Waals surface area contributed by atoms with E-state index < -0.39 is 0 Å². The van der Waals surface area contributed by atoms with Gasteiger partial charge in [0, 0.05) is 38.7 Å². The number of carbonyl (C=O) groups is 1. The van der Waals surface area contributed by atoms with Gasteiger partial charge in [-0.1, -0.05) is 0 Å². The van der Waals surface area contributed by atoms with Gasteiger partial charge in [-0.25, -0.2) is 4.98 Å². The zero-order valence-corrected chi connectivity index (χ0v) is 9.16. The highest BCUT2D eigenvalue weighted by Crippen LogP contribution is 1.90. The van der Waals surface area contributed by atoms with E-state index in [9.17, 15) is 4.79 Å². The molecule has 0 N–H and O–H groups in total. The monoisotopic (exact) mass is 211 g/mol. The molecule has 0 aliphatic carbocycles. The Balaban J connectivity index is 3.34. The van der Waals surface area contributed by atoms with Crippen LogP contribution in [-0.2, 0) is 6.54 Å². The Hall–Kier alpha value is -1.10. The molecule has 0 aliphatic rings. The van der Waals surface area contributed by atoms with Crippen molar-refractivity contribution in [3.8, 4) is 0 Å². The van der Waals surface area contributed by atoms with E-state index >= 15 is 0 Å². The van der Waals surface area contributed by atoms with Crippen LogP contribution in [0.25, 0.3) is 0 Å². The van der Waals surface area contributed by atoms with Gasteiger partial charge >= 0.3 is 0 Å². The summed E-state index contributed by atoms with van der Waals surface area (Å²) in [6.07, 6.45) is 3.40. The number of thiol groups is 1. The zero-order valence-electron chi connectivity index (χ0n) is 8.27. The van der Waals surface area contributed by atoms with Crippen LogP contribution < -0.4 is 5.49 Å². The first kappa shape index (κ1) is 11.0. The highest BCUT2D eigenvalue weighted by atomic mass is 32.1. The molecule has 0 saturated carbocycles. The van der Waals surface area contributed by atoms with Crippen molar-refractivity contribution in [3.05, 3.63) is 23.6 Å². The number of rotatable bonds is 3. The number of nitrogens with zero attached hydrogens (tertiary/aromatic N) is 3. The molecule has 0 bridgehead atoms. The topological polar surface area (TPSA) is 47.2 Å². The van der Waals surface area contributed by atoms with Crippen LogP contribution >= 0.6 is 12.6 Å². The average Bonchev–Trinajstić information content (AvgIpc) is 2.18. The minimum atomic E-state index is -0.0703. The standard InChI is InChI=1S/C9H13N3OS/c1-7(13)8-9(10-2)12(5-6-14)4-3-11-8/h3-4,14H,5-6H2,1-2H3/b10-9-. The lowest BCUT2D eigenvalue weighted by Crippen LogP contribution is -2.28. The third-order valence-corrected chi connectivity index (χ3v) is 2.02. The van der Waals surface area contributed by atoms with Gasteiger partial charge in [0.05, 0.1) is 0 Å². The summed E-state index contributed by atoms with van der Waals surface area (Å²) in [6, 6.07) is 0. The molecule has 1 aromatic heterocycles. The van der Waals surface area contributed by atoms with E-state index in [-0.39, 0.29) is 5.78 Å². The van der Waals surface area contributed by atoms with E-state index in [0.717, 1.165) is 6.54 Å². The van der Waals surface area contributed by atoms with Gasteiger partial charge in [-0.3, -0.25) is 9.79 Å². The van der Waals surface area contributed by atoms with Gasteiger partial charge in [0.25, 0.3) is 0 Å². The summed E-state index contributed by atoms with van der Waals surface area (Å²) in [5.41, 5.74) is 1.03. The first-order valence-corrected chi connectivity index (χ1v) is 4.94. The van der Waals surface area contributed by atoms with E-state index in [1.165, 1.54) is 6.92 Å². The molecule has 0 radical (unpaired) electrons. The number of ketones is 1. The number of aromatic nitrogens is 2. The van der Waals surface area contributed by atoms with Crippen LogP contribution in [-0.4, -0.2) is 28.1 Å². The molecule has 0 spiro atoms. The minimum absolute atomic E-state index is 0.0703. The quantitative estimate of drug-likeness (QED) is 0.586. The number of hydrogen-bond donors (Lipinski definition) is 1. The molecular weight excluding hydrogens is 198 g/mol. The first-order valence-electron chi connectivity index (χ1n) is 4.30. The van der Waals surface area contributed by atoms with Gasteiger partial charge in [-0.05, 0) is 0 Å². The van der Waals surface area contributed by atoms with Crippen molar-refractivity contribution in [2.75, 3.05) is 12.8 Å². The molecule has 1 aromatic rings. The van der Waals surface area contributed by atoms with Crippen molar-refractivity contribution >= 4 is 18.4 Å². The Morgan fingerprint density at radius 3 is 2.93 bits per heavy atom. The third-order valence-electron chi connectivity index (χ3n) is 1.82. The number of aryl methyl sites for hydroxylation is 1. The lowest BCUT2D eigenvalue weighted by molar-refractivity contribution is 0.101. The van der Waals surface area contributed by atoms with Crippen molar-refractivity contribution in [1.29, 1.82) is 0 Å². The zero-order chi connectivity index (χ0) is 10.6. The van der Waals surface area contributed by atoms with Gasteiger partial charge in [0.15, 0.2) is 11.3 Å². The predicted molar refractivity (Wildman–Crippen MR) is 57.6 cm³/mol. The molecule has 14 heavy (non-hydrogen) atoms. The molecule has 0 saturated heterocycles. The highest BCUT2D eigenvalue weighted by molar-refractivity contribution is 7.80. The summed E-state index contributed by atoms with van der Waals surface area (Å²) >= 11 is 4.14. The predicted octanol–water partition coefficient (Wildman–Crippen LogP) is 0.546. The summed E-state index contributed by atoms with van der Waals surface area (Å²) in [5.74, 6) is 0.633. The van der Waals surface area contributed by atoms with Gasteiger partial charge in [0.1, 0.15) is 5.69 Å². The van der Waals surface area contributed by atoms with E-state index in [1.54, 1.807) is 19.4 Å². The molecule has 0 aromatic carbocycles. The molecule has 5 heteroatoms. The summed E-state index contributed by atoms with van der Waals surface area (Å²) in [5, 5.41) is 0. The summed E-state index contributed by atoms with van der Waals surface area (Å²) in [4.78, 5) is 19.3. The maximum Gasteiger partial charge on any atom is 0.181 e. The largest absolute Gasteiger partial charge is 0.329 e. The maximum absolute atomic E-state index is 11.2. The molecule has 1 heterocycles. The van der Waals surface area contributed by atoms with Crippen molar-refractivity contribution in [2.45, 2.75) is 13.5 Å². The first-order chi connectivity index (χ1) is 6.70. The lowest BCUT2D eigenvalue weighted by atomic mass is 10.3. The number of carbonyl (C=O) groups excluding carboxylic acids is 1. The van der Waals surface area contributed by atoms with Crippen molar-refractivity contribution in [1.82, 2.24) is 9.55 Å². The van der Waals surface area contributed by atoms with Crippen LogP contribution in [0.1, 0.15) is 17.4 Å². The lowest BCUT2D eigenvalue weighted by Gasteiger charge is -2.06. The second-order valence-corrected chi connectivity index (χ2v) is 3.24. The van der Waals surface area contributed by atoms with Crippen molar-refractivity contribution < 1.29 is 4.79 Å². The van der Waals surface area contributed by atoms with Crippen LogP contribution in [0.4, 0.5) is 0 Å². The molecule has 1 rings (SSSR count). The van der Waals surface area contributed by atoms with E-state index in [1.807, 2.05) is 4.57 Å². The van der Waals surface area contributed by atoms with Crippen molar-refractivity contribution in [2.24, 2.45) is 4.99 Å². The second-order valence-electron chi connectivity index (χ2n) is 2.80. The Morgan fingerprint density at radius 1 is 1.71 bits per heavy atom. The Labute approximate surface area is 88.1 Å². The fraction of sp³-hybridized carbons (Fsp3) is 0.444. The SMILES string of the molecule is C/N=c1/c(C(C)=O)nccn1CCS. The second kappa shape index (κ2) is 4.95. The fourth-order valence-electron chi connectivity index (χ4n) is 1.22. The molecule has 0 amide bonds. The summed E-state index contributed by atoms with van der Waals surface area (Å²) in [7, 11) is 1.65. The summed E-state index contributed by atoms with van der Waals surface area (Å²) < 4.78 is 1.87. The van der Waals surface area contributed by atoms with Gasteiger partial charge < -0.3 is 4.57 Å². The van der Waals surface area contributed by atoms with E-state index in [2.05, 4.69) is 22.6 Å². The Bertz CT molecular complexity index is 397. The molecule has 0 aliphatic heterocycles. The molecule has 76 valence electrons. The number of hydrogen-bond acceptors (Lipinski definition) is 4. The molecule has 4 nitrogen and oxygen atoms in total. The van der Waals surface area contributed by atoms with Crippen LogP contribution in [0.5, 0.6) is 0 Å². The van der Waals surface area contributed by atoms with Crippen LogP contribution in [0.2, 0.25) is 0 Å². The normalized spacial score (nSPS) is 11.8. The van der Waals surface area contributed by atoms with Crippen molar-refractivity contribution in [3.63, 3.8) is 0 Å². The summed E-state index contributed by atoms with van der Waals surface area (Å²) in [6.45, 7) is 2.21. The fourth-order valence-corrected chi connectivity index (χ4v) is 1.44.